The van der Waals surface area contributed by atoms with Crippen molar-refractivity contribution in [2.45, 2.75) is 44.3 Å². The van der Waals surface area contributed by atoms with Gasteiger partial charge in [0.25, 0.3) is 0 Å². The van der Waals surface area contributed by atoms with Crippen LogP contribution < -0.4 is 4.90 Å². The third kappa shape index (κ3) is 3.43. The molecule has 142 valence electrons. The van der Waals surface area contributed by atoms with Gasteiger partial charge in [-0.05, 0) is 62.7 Å². The van der Waals surface area contributed by atoms with E-state index in [1.807, 2.05) is 15.3 Å². The molecule has 1 aromatic carbocycles. The summed E-state index contributed by atoms with van der Waals surface area (Å²) in [5.74, 6) is 0. The van der Waals surface area contributed by atoms with Crippen molar-refractivity contribution in [3.05, 3.63) is 34.9 Å². The number of sulfonamides is 1. The lowest BCUT2D eigenvalue weighted by Crippen LogP contribution is -2.32. The Balaban J connectivity index is 1.92. The number of anilines is 1. The van der Waals surface area contributed by atoms with Crippen molar-refractivity contribution >= 4 is 27.9 Å². The zero-order chi connectivity index (χ0) is 19.1. The molecule has 0 radical (unpaired) electrons. The van der Waals surface area contributed by atoms with Gasteiger partial charge in [-0.1, -0.05) is 0 Å². The van der Waals surface area contributed by atoms with E-state index >= 15 is 0 Å². The van der Waals surface area contributed by atoms with Gasteiger partial charge >= 0.3 is 0 Å². The van der Waals surface area contributed by atoms with Crippen LogP contribution >= 0.6 is 12.2 Å². The Morgan fingerprint density at radius 1 is 1.31 bits per heavy atom. The van der Waals surface area contributed by atoms with Crippen molar-refractivity contribution in [2.75, 3.05) is 25.5 Å². The highest BCUT2D eigenvalue weighted by Crippen LogP contribution is 2.30. The minimum absolute atomic E-state index is 0.267. The summed E-state index contributed by atoms with van der Waals surface area (Å²) >= 11 is 5.52. The summed E-state index contributed by atoms with van der Waals surface area (Å²) in [4.78, 5) is 2.54. The molecule has 7 nitrogen and oxygen atoms in total. The van der Waals surface area contributed by atoms with E-state index in [0.717, 1.165) is 30.6 Å². The van der Waals surface area contributed by atoms with Crippen LogP contribution in [0.5, 0.6) is 0 Å². The highest BCUT2D eigenvalue weighted by molar-refractivity contribution is 7.89. The second-order valence-corrected chi connectivity index (χ2v) is 9.52. The minimum Gasteiger partial charge on any atom is -0.352 e. The lowest BCUT2D eigenvalue weighted by Gasteiger charge is -2.31. The fourth-order valence-corrected chi connectivity index (χ4v) is 4.45. The van der Waals surface area contributed by atoms with Gasteiger partial charge in [-0.2, -0.15) is 5.10 Å². The molecule has 0 saturated heterocycles. The van der Waals surface area contributed by atoms with E-state index in [2.05, 4.69) is 23.8 Å². The number of aryl methyl sites for hydroxylation is 1. The number of hydrogen-bond donors (Lipinski definition) is 0. The van der Waals surface area contributed by atoms with E-state index in [4.69, 9.17) is 12.2 Å². The average molecular weight is 396 g/mol. The first kappa shape index (κ1) is 19.1. The maximum absolute atomic E-state index is 12.4. The van der Waals surface area contributed by atoms with Gasteiger partial charge in [0.1, 0.15) is 13.0 Å². The Kier molecular flexibility index (Phi) is 5.23. The summed E-state index contributed by atoms with van der Waals surface area (Å²) in [6.07, 6.45) is 3.61. The fourth-order valence-electron chi connectivity index (χ4n) is 3.13. The summed E-state index contributed by atoms with van der Waals surface area (Å²) in [6, 6.07) is 5.64. The van der Waals surface area contributed by atoms with Crippen molar-refractivity contribution in [2.24, 2.45) is 0 Å². The van der Waals surface area contributed by atoms with Crippen LogP contribution in [0, 0.1) is 4.77 Å². The molecule has 0 fully saturated rings. The number of benzene rings is 1. The minimum atomic E-state index is -3.42. The van der Waals surface area contributed by atoms with E-state index in [1.165, 1.54) is 4.31 Å². The first-order valence-corrected chi connectivity index (χ1v) is 10.5. The van der Waals surface area contributed by atoms with E-state index in [-0.39, 0.29) is 6.04 Å². The molecule has 9 heteroatoms. The molecule has 1 aliphatic heterocycles. The highest BCUT2D eigenvalue weighted by atomic mass is 32.2. The van der Waals surface area contributed by atoms with Gasteiger partial charge < -0.3 is 9.47 Å². The van der Waals surface area contributed by atoms with Crippen LogP contribution in [-0.4, -0.2) is 47.7 Å². The SMILES string of the molecule is CC(C)n1cnn(CN2CCCc3cc(S(=O)(=O)N(C)C)ccc32)c1=S. The quantitative estimate of drug-likeness (QED) is 0.729. The predicted molar refractivity (Wildman–Crippen MR) is 104 cm³/mol. The first-order valence-electron chi connectivity index (χ1n) is 8.66. The van der Waals surface area contributed by atoms with Crippen LogP contribution in [0.1, 0.15) is 31.9 Å². The zero-order valence-corrected chi connectivity index (χ0v) is 17.2. The predicted octanol–water partition coefficient (Wildman–Crippen LogP) is 2.66. The number of nitrogens with zero attached hydrogens (tertiary/aromatic N) is 5. The first-order chi connectivity index (χ1) is 12.2. The van der Waals surface area contributed by atoms with E-state index in [1.54, 1.807) is 32.6 Å². The van der Waals surface area contributed by atoms with Gasteiger partial charge in [-0.3, -0.25) is 0 Å². The molecule has 0 unspecified atom stereocenters. The maximum atomic E-state index is 12.4. The highest BCUT2D eigenvalue weighted by Gasteiger charge is 2.23. The molecule has 3 rings (SSSR count). The van der Waals surface area contributed by atoms with Gasteiger partial charge in [0.2, 0.25) is 10.0 Å². The molecule has 0 atom stereocenters. The Labute approximate surface area is 159 Å². The van der Waals surface area contributed by atoms with Crippen molar-refractivity contribution in [3.63, 3.8) is 0 Å². The largest absolute Gasteiger partial charge is 0.352 e. The van der Waals surface area contributed by atoms with Crippen LogP contribution in [0.3, 0.4) is 0 Å². The van der Waals surface area contributed by atoms with Crippen LogP contribution in [0.4, 0.5) is 5.69 Å². The average Bonchev–Trinajstić information content (AvgIpc) is 2.95. The Hall–Kier alpha value is -1.71. The molecule has 0 N–H and O–H groups in total. The second kappa shape index (κ2) is 7.13. The molecule has 0 spiro atoms. The third-order valence-electron chi connectivity index (χ3n) is 4.66. The molecule has 0 aliphatic carbocycles. The standard InChI is InChI=1S/C17H25N5O2S2/c1-13(2)21-11-18-22(17(21)25)12-20-9-5-6-14-10-15(7-8-16(14)20)26(23,24)19(3)4/h7-8,10-11,13H,5-6,9,12H2,1-4H3. The van der Waals surface area contributed by atoms with Gasteiger partial charge in [-0.15, -0.1) is 0 Å². The Bertz CT molecular complexity index is 960. The smallest absolute Gasteiger partial charge is 0.242 e. The third-order valence-corrected chi connectivity index (χ3v) is 6.90. The van der Waals surface area contributed by atoms with Gasteiger partial charge in [0, 0.05) is 32.4 Å². The number of fused-ring (bicyclic) bond motifs is 1. The normalized spacial score (nSPS) is 14.9. The Morgan fingerprint density at radius 3 is 2.65 bits per heavy atom. The molecule has 1 aliphatic rings. The van der Waals surface area contributed by atoms with E-state index in [9.17, 15) is 8.42 Å². The zero-order valence-electron chi connectivity index (χ0n) is 15.6. The molecular formula is C17H25N5O2S2. The van der Waals surface area contributed by atoms with Gasteiger partial charge in [-0.25, -0.2) is 17.4 Å². The van der Waals surface area contributed by atoms with E-state index < -0.39 is 10.0 Å². The lowest BCUT2D eigenvalue weighted by atomic mass is 10.0. The summed E-state index contributed by atoms with van der Waals surface area (Å²) < 4.78 is 30.5. The molecule has 0 saturated carbocycles. The summed E-state index contributed by atoms with van der Waals surface area (Å²) in [6.45, 7) is 5.60. The van der Waals surface area contributed by atoms with Crippen molar-refractivity contribution in [1.82, 2.24) is 18.7 Å². The second-order valence-electron chi connectivity index (χ2n) is 7.00. The number of hydrogen-bond acceptors (Lipinski definition) is 5. The Morgan fingerprint density at radius 2 is 2.04 bits per heavy atom. The van der Waals surface area contributed by atoms with Crippen LogP contribution in [0.2, 0.25) is 0 Å². The van der Waals surface area contributed by atoms with Crippen LogP contribution in [0.25, 0.3) is 0 Å². The monoisotopic (exact) mass is 395 g/mol. The molecule has 1 aromatic heterocycles. The topological polar surface area (TPSA) is 63.4 Å². The lowest BCUT2D eigenvalue weighted by molar-refractivity contribution is 0.519. The van der Waals surface area contributed by atoms with Crippen LogP contribution in [-0.2, 0) is 23.1 Å². The van der Waals surface area contributed by atoms with Gasteiger partial charge in [0.15, 0.2) is 4.77 Å². The molecule has 26 heavy (non-hydrogen) atoms. The molecule has 2 heterocycles. The number of rotatable bonds is 5. The van der Waals surface area contributed by atoms with Crippen LogP contribution in [0.15, 0.2) is 29.4 Å². The molecule has 2 aromatic rings. The molecule has 0 amide bonds. The summed E-state index contributed by atoms with van der Waals surface area (Å²) in [7, 11) is -0.323. The van der Waals surface area contributed by atoms with Crippen molar-refractivity contribution in [1.29, 1.82) is 0 Å². The van der Waals surface area contributed by atoms with Crippen molar-refractivity contribution in [3.8, 4) is 0 Å². The summed E-state index contributed by atoms with van der Waals surface area (Å²) in [5.41, 5.74) is 2.10. The van der Waals surface area contributed by atoms with E-state index in [0.29, 0.717) is 16.3 Å². The summed E-state index contributed by atoms with van der Waals surface area (Å²) in [5, 5.41) is 4.42. The van der Waals surface area contributed by atoms with Gasteiger partial charge in [0.05, 0.1) is 4.90 Å². The number of aromatic nitrogens is 3. The van der Waals surface area contributed by atoms with Crippen molar-refractivity contribution < 1.29 is 8.42 Å². The maximum Gasteiger partial charge on any atom is 0.242 e. The molecule has 0 bridgehead atoms. The molecular weight excluding hydrogens is 370 g/mol. The fraction of sp³-hybridized carbons (Fsp3) is 0.529.